The summed E-state index contributed by atoms with van der Waals surface area (Å²) in [4.78, 5) is 12.0. The minimum Gasteiger partial charge on any atom is -0.409 e. The molecule has 20 heavy (non-hydrogen) atoms. The molecule has 1 aliphatic heterocycles. The monoisotopic (exact) mass is 281 g/mol. The Balaban J connectivity index is 2.12. The molecule has 108 valence electrons. The predicted octanol–water partition coefficient (Wildman–Crippen LogP) is 1.28. The van der Waals surface area contributed by atoms with Crippen LogP contribution < -0.4 is 11.1 Å². The van der Waals surface area contributed by atoms with Crippen LogP contribution in [0.5, 0.6) is 0 Å². The van der Waals surface area contributed by atoms with Crippen LogP contribution in [0.15, 0.2) is 23.4 Å². The molecule has 2 rings (SSSR count). The van der Waals surface area contributed by atoms with E-state index in [0.29, 0.717) is 13.0 Å². The molecule has 0 aliphatic carbocycles. The van der Waals surface area contributed by atoms with Gasteiger partial charge in [0.25, 0.3) is 0 Å². The Morgan fingerprint density at radius 3 is 2.90 bits per heavy atom. The molecule has 1 amide bonds. The first-order chi connectivity index (χ1) is 9.52. The van der Waals surface area contributed by atoms with E-state index >= 15 is 0 Å². The second kappa shape index (κ2) is 5.87. The number of amides is 1. The third kappa shape index (κ3) is 2.88. The van der Waals surface area contributed by atoms with E-state index in [0.717, 1.165) is 6.07 Å². The molecule has 2 unspecified atom stereocenters. The molecule has 1 aromatic rings. The predicted molar refractivity (Wildman–Crippen MR) is 71.1 cm³/mol. The first kappa shape index (κ1) is 14.3. The van der Waals surface area contributed by atoms with Crippen LogP contribution in [0.2, 0.25) is 0 Å². The number of anilines is 1. The average Bonchev–Trinajstić information content (AvgIpc) is 2.86. The largest absolute Gasteiger partial charge is 0.409 e. The highest BCUT2D eigenvalue weighted by Crippen LogP contribution is 2.23. The SMILES string of the molecule is CC1OCCC1C(=O)Nc1ccc(/C(N)=N/O)cc1F. The van der Waals surface area contributed by atoms with Crippen molar-refractivity contribution >= 4 is 17.4 Å². The molecule has 0 aromatic heterocycles. The Morgan fingerprint density at radius 1 is 1.60 bits per heavy atom. The Morgan fingerprint density at radius 2 is 2.35 bits per heavy atom. The van der Waals surface area contributed by atoms with Crippen LogP contribution in [0.1, 0.15) is 18.9 Å². The minimum absolute atomic E-state index is 0.0589. The first-order valence-electron chi connectivity index (χ1n) is 6.23. The topological polar surface area (TPSA) is 96.9 Å². The van der Waals surface area contributed by atoms with Gasteiger partial charge in [-0.15, -0.1) is 0 Å². The average molecular weight is 281 g/mol. The molecule has 1 heterocycles. The van der Waals surface area contributed by atoms with E-state index in [4.69, 9.17) is 15.7 Å². The maximum atomic E-state index is 13.9. The van der Waals surface area contributed by atoms with E-state index in [9.17, 15) is 9.18 Å². The van der Waals surface area contributed by atoms with Gasteiger partial charge < -0.3 is 21.0 Å². The number of hydrogen-bond donors (Lipinski definition) is 3. The van der Waals surface area contributed by atoms with E-state index in [1.807, 2.05) is 6.92 Å². The fourth-order valence-electron chi connectivity index (χ4n) is 2.13. The summed E-state index contributed by atoms with van der Waals surface area (Å²) in [6.07, 6.45) is 0.450. The standard InChI is InChI=1S/C13H16FN3O3/c1-7-9(4-5-20-7)13(18)16-11-3-2-8(6-10(11)14)12(15)17-19/h2-3,6-7,9,19H,4-5H2,1H3,(H2,15,17)(H,16,18). The van der Waals surface area contributed by atoms with Gasteiger partial charge in [0.15, 0.2) is 5.84 Å². The Bertz CT molecular complexity index is 548. The number of nitrogens with one attached hydrogen (secondary N) is 1. The zero-order valence-corrected chi connectivity index (χ0v) is 11.0. The zero-order valence-electron chi connectivity index (χ0n) is 11.0. The second-order valence-electron chi connectivity index (χ2n) is 4.64. The number of carbonyl (C=O) groups excluding carboxylic acids is 1. The lowest BCUT2D eigenvalue weighted by molar-refractivity contribution is -0.121. The van der Waals surface area contributed by atoms with Crippen molar-refractivity contribution < 1.29 is 19.1 Å². The van der Waals surface area contributed by atoms with Gasteiger partial charge in [0.1, 0.15) is 5.82 Å². The van der Waals surface area contributed by atoms with Crippen molar-refractivity contribution in [2.24, 2.45) is 16.8 Å². The van der Waals surface area contributed by atoms with Gasteiger partial charge in [0.05, 0.1) is 17.7 Å². The quantitative estimate of drug-likeness (QED) is 0.336. The summed E-state index contributed by atoms with van der Waals surface area (Å²) in [5, 5.41) is 13.8. The lowest BCUT2D eigenvalue weighted by atomic mass is 10.0. The minimum atomic E-state index is -0.644. The van der Waals surface area contributed by atoms with E-state index < -0.39 is 5.82 Å². The summed E-state index contributed by atoms with van der Waals surface area (Å²) in [6.45, 7) is 2.35. The van der Waals surface area contributed by atoms with Crippen molar-refractivity contribution in [3.63, 3.8) is 0 Å². The number of carbonyl (C=O) groups is 1. The van der Waals surface area contributed by atoms with Gasteiger partial charge in [-0.2, -0.15) is 0 Å². The summed E-state index contributed by atoms with van der Waals surface area (Å²) in [5.41, 5.74) is 5.66. The first-order valence-corrected chi connectivity index (χ1v) is 6.23. The number of nitrogens with zero attached hydrogens (tertiary/aromatic N) is 1. The molecule has 1 saturated heterocycles. The summed E-state index contributed by atoms with van der Waals surface area (Å²) < 4.78 is 19.2. The fourth-order valence-corrected chi connectivity index (χ4v) is 2.13. The Kier molecular flexibility index (Phi) is 4.19. The highest BCUT2D eigenvalue weighted by atomic mass is 19.1. The Labute approximate surface area is 115 Å². The summed E-state index contributed by atoms with van der Waals surface area (Å²) >= 11 is 0. The van der Waals surface area contributed by atoms with Crippen LogP contribution in [-0.4, -0.2) is 29.7 Å². The van der Waals surface area contributed by atoms with Crippen LogP contribution in [0.3, 0.4) is 0 Å². The van der Waals surface area contributed by atoms with Crippen molar-refractivity contribution in [1.82, 2.24) is 0 Å². The summed E-state index contributed by atoms with van der Waals surface area (Å²) in [7, 11) is 0. The van der Waals surface area contributed by atoms with E-state index in [2.05, 4.69) is 10.5 Å². The Hall–Kier alpha value is -2.15. The van der Waals surface area contributed by atoms with Crippen LogP contribution >= 0.6 is 0 Å². The van der Waals surface area contributed by atoms with Crippen LogP contribution in [0.4, 0.5) is 10.1 Å². The maximum absolute atomic E-state index is 13.9. The molecular formula is C13H16FN3O3. The molecular weight excluding hydrogens is 265 g/mol. The molecule has 0 bridgehead atoms. The molecule has 1 aromatic carbocycles. The lowest BCUT2D eigenvalue weighted by Gasteiger charge is -2.14. The number of amidine groups is 1. The molecule has 1 fully saturated rings. The highest BCUT2D eigenvalue weighted by Gasteiger charge is 2.31. The second-order valence-corrected chi connectivity index (χ2v) is 4.64. The fraction of sp³-hybridized carbons (Fsp3) is 0.385. The van der Waals surface area contributed by atoms with E-state index in [1.54, 1.807) is 0 Å². The van der Waals surface area contributed by atoms with Crippen LogP contribution in [-0.2, 0) is 9.53 Å². The number of benzene rings is 1. The summed E-state index contributed by atoms with van der Waals surface area (Å²) in [6, 6.07) is 3.93. The normalized spacial score (nSPS) is 22.8. The zero-order chi connectivity index (χ0) is 14.7. The number of rotatable bonds is 3. The number of halogens is 1. The smallest absolute Gasteiger partial charge is 0.230 e. The van der Waals surface area contributed by atoms with Gasteiger partial charge in [-0.3, -0.25) is 4.79 Å². The number of nitrogens with two attached hydrogens (primary N) is 1. The van der Waals surface area contributed by atoms with Crippen molar-refractivity contribution in [3.8, 4) is 0 Å². The highest BCUT2D eigenvalue weighted by molar-refractivity contribution is 5.98. The van der Waals surface area contributed by atoms with Crippen LogP contribution in [0.25, 0.3) is 0 Å². The van der Waals surface area contributed by atoms with Gasteiger partial charge in [0, 0.05) is 12.2 Å². The number of hydrogen-bond acceptors (Lipinski definition) is 4. The van der Waals surface area contributed by atoms with Crippen molar-refractivity contribution in [2.45, 2.75) is 19.4 Å². The molecule has 2 atom stereocenters. The van der Waals surface area contributed by atoms with E-state index in [-0.39, 0.29) is 35.0 Å². The van der Waals surface area contributed by atoms with E-state index in [1.165, 1.54) is 12.1 Å². The van der Waals surface area contributed by atoms with Gasteiger partial charge in [-0.25, -0.2) is 4.39 Å². The lowest BCUT2D eigenvalue weighted by Crippen LogP contribution is -2.28. The van der Waals surface area contributed by atoms with Crippen molar-refractivity contribution in [1.29, 1.82) is 0 Å². The third-order valence-electron chi connectivity index (χ3n) is 3.34. The molecule has 7 heteroatoms. The molecule has 0 radical (unpaired) electrons. The van der Waals surface area contributed by atoms with Crippen molar-refractivity contribution in [2.75, 3.05) is 11.9 Å². The molecule has 6 nitrogen and oxygen atoms in total. The maximum Gasteiger partial charge on any atom is 0.230 e. The summed E-state index contributed by atoms with van der Waals surface area (Å²) in [5.74, 6) is -1.39. The van der Waals surface area contributed by atoms with Gasteiger partial charge in [0.2, 0.25) is 5.91 Å². The molecule has 4 N–H and O–H groups in total. The van der Waals surface area contributed by atoms with Crippen molar-refractivity contribution in [3.05, 3.63) is 29.6 Å². The molecule has 1 aliphatic rings. The third-order valence-corrected chi connectivity index (χ3v) is 3.34. The number of ether oxygens (including phenoxy) is 1. The van der Waals surface area contributed by atoms with Crippen LogP contribution in [0, 0.1) is 11.7 Å². The molecule has 0 spiro atoms. The van der Waals surface area contributed by atoms with Gasteiger partial charge >= 0.3 is 0 Å². The van der Waals surface area contributed by atoms with Gasteiger partial charge in [-0.05, 0) is 31.5 Å². The number of oxime groups is 1. The van der Waals surface area contributed by atoms with Gasteiger partial charge in [-0.1, -0.05) is 5.16 Å². The molecule has 0 saturated carbocycles.